The molecule has 0 radical (unpaired) electrons. The molecule has 0 bridgehead atoms. The zero-order valence-corrected chi connectivity index (χ0v) is 19.6. The Labute approximate surface area is 198 Å². The molecular weight excluding hydrogens is 475 g/mol. The molecule has 2 atom stereocenters. The number of hydrogen-bond donors (Lipinski definition) is 2. The third kappa shape index (κ3) is 5.34. The lowest BCUT2D eigenvalue weighted by molar-refractivity contribution is -0.147. The van der Waals surface area contributed by atoms with Gasteiger partial charge in [-0.15, -0.1) is 11.3 Å². The van der Waals surface area contributed by atoms with Gasteiger partial charge in [0.15, 0.2) is 4.34 Å². The van der Waals surface area contributed by atoms with Crippen molar-refractivity contribution in [1.82, 2.24) is 4.98 Å². The summed E-state index contributed by atoms with van der Waals surface area (Å²) in [7, 11) is 0. The van der Waals surface area contributed by atoms with E-state index in [1.165, 1.54) is 0 Å². The molecule has 0 saturated heterocycles. The second kappa shape index (κ2) is 9.77. The summed E-state index contributed by atoms with van der Waals surface area (Å²) in [6, 6.07) is 11.2. The number of aromatic nitrogens is 1. The molecule has 0 aliphatic heterocycles. The number of nitrogens with zero attached hydrogens (tertiary/aromatic N) is 1. The highest BCUT2D eigenvalue weighted by molar-refractivity contribution is 8.00. The van der Waals surface area contributed by atoms with Gasteiger partial charge in [-0.1, -0.05) is 53.9 Å². The van der Waals surface area contributed by atoms with Crippen molar-refractivity contribution in [2.75, 3.05) is 5.32 Å². The largest absolute Gasteiger partial charge is 0.481 e. The lowest BCUT2D eigenvalue weighted by Gasteiger charge is -2.27. The lowest BCUT2D eigenvalue weighted by Crippen LogP contribution is -2.36. The SMILES string of the molecule is O=C(O)[C@H]1CCCC[C@@H]1C(=O)Nc1ccc2nc(SCc3ccc(Cl)c(Cl)c3)sc2c1. The van der Waals surface area contributed by atoms with Crippen LogP contribution in [0.25, 0.3) is 10.2 Å². The molecule has 4 rings (SSSR count). The quantitative estimate of drug-likeness (QED) is 0.371. The molecule has 1 fully saturated rings. The Balaban J connectivity index is 1.44. The van der Waals surface area contributed by atoms with Crippen LogP contribution >= 0.6 is 46.3 Å². The van der Waals surface area contributed by atoms with E-state index in [1.54, 1.807) is 29.2 Å². The van der Waals surface area contributed by atoms with Crippen LogP contribution in [0.15, 0.2) is 40.7 Å². The number of benzene rings is 2. The van der Waals surface area contributed by atoms with Crippen LogP contribution in [0, 0.1) is 11.8 Å². The number of carbonyl (C=O) groups is 2. The van der Waals surface area contributed by atoms with Crippen LogP contribution in [0.2, 0.25) is 10.0 Å². The van der Waals surface area contributed by atoms with Crippen LogP contribution in [0.1, 0.15) is 31.2 Å². The van der Waals surface area contributed by atoms with E-state index in [0.717, 1.165) is 38.7 Å². The molecule has 2 N–H and O–H groups in total. The van der Waals surface area contributed by atoms with E-state index in [-0.39, 0.29) is 5.91 Å². The average Bonchev–Trinajstić information content (AvgIpc) is 3.16. The third-order valence-corrected chi connectivity index (χ3v) is 8.37. The van der Waals surface area contributed by atoms with E-state index < -0.39 is 17.8 Å². The van der Waals surface area contributed by atoms with Gasteiger partial charge in [0.2, 0.25) is 5.91 Å². The lowest BCUT2D eigenvalue weighted by atomic mass is 9.78. The van der Waals surface area contributed by atoms with Gasteiger partial charge in [-0.05, 0) is 48.7 Å². The minimum absolute atomic E-state index is 0.217. The molecule has 1 heterocycles. The average molecular weight is 495 g/mol. The minimum atomic E-state index is -0.888. The predicted octanol–water partition coefficient (Wildman–Crippen LogP) is 6.72. The number of thiazole rings is 1. The Hall–Kier alpha value is -1.80. The molecule has 1 aliphatic carbocycles. The van der Waals surface area contributed by atoms with Gasteiger partial charge in [-0.2, -0.15) is 0 Å². The highest BCUT2D eigenvalue weighted by Gasteiger charge is 2.35. The summed E-state index contributed by atoms with van der Waals surface area (Å²) < 4.78 is 1.88. The fraction of sp³-hybridized carbons (Fsp3) is 0.318. The molecule has 1 aromatic heterocycles. The number of carbonyl (C=O) groups excluding carboxylic acids is 1. The number of anilines is 1. The van der Waals surface area contributed by atoms with Crippen molar-refractivity contribution in [3.63, 3.8) is 0 Å². The van der Waals surface area contributed by atoms with Gasteiger partial charge >= 0.3 is 5.97 Å². The maximum Gasteiger partial charge on any atom is 0.307 e. The number of rotatable bonds is 6. The molecule has 1 amide bonds. The number of hydrogen-bond acceptors (Lipinski definition) is 5. The first-order valence-electron chi connectivity index (χ1n) is 9.91. The fourth-order valence-corrected chi connectivity index (χ4v) is 6.16. The van der Waals surface area contributed by atoms with Crippen molar-refractivity contribution in [3.05, 3.63) is 52.0 Å². The van der Waals surface area contributed by atoms with Crippen LogP contribution < -0.4 is 5.32 Å². The molecule has 2 aromatic carbocycles. The van der Waals surface area contributed by atoms with E-state index in [0.29, 0.717) is 28.6 Å². The molecule has 5 nitrogen and oxygen atoms in total. The molecule has 162 valence electrons. The van der Waals surface area contributed by atoms with E-state index in [2.05, 4.69) is 10.3 Å². The summed E-state index contributed by atoms with van der Waals surface area (Å²) >= 11 is 15.2. The van der Waals surface area contributed by atoms with Gasteiger partial charge in [0.1, 0.15) is 0 Å². The highest BCUT2D eigenvalue weighted by Crippen LogP contribution is 2.35. The Morgan fingerprint density at radius 1 is 1.10 bits per heavy atom. The normalized spacial score (nSPS) is 18.8. The summed E-state index contributed by atoms with van der Waals surface area (Å²) in [4.78, 5) is 28.9. The van der Waals surface area contributed by atoms with Crippen molar-refractivity contribution >= 4 is 74.1 Å². The number of fused-ring (bicyclic) bond motifs is 1. The maximum absolute atomic E-state index is 12.7. The standard InChI is InChI=1S/C22H20Cl2N2O3S2/c23-16-7-5-12(9-17(16)24)11-30-22-26-18-8-6-13(10-19(18)31-22)25-20(27)14-3-1-2-4-15(14)21(28)29/h5-10,14-15H,1-4,11H2,(H,25,27)(H,28,29)/t14-,15-/m0/s1. The zero-order chi connectivity index (χ0) is 22.0. The molecule has 1 aliphatic rings. The molecule has 0 spiro atoms. The van der Waals surface area contributed by atoms with Crippen LogP contribution in [0.5, 0.6) is 0 Å². The predicted molar refractivity (Wildman–Crippen MR) is 127 cm³/mol. The summed E-state index contributed by atoms with van der Waals surface area (Å²) in [5, 5.41) is 13.4. The van der Waals surface area contributed by atoms with Gasteiger partial charge in [-0.3, -0.25) is 9.59 Å². The topological polar surface area (TPSA) is 79.3 Å². The minimum Gasteiger partial charge on any atom is -0.481 e. The Morgan fingerprint density at radius 2 is 1.87 bits per heavy atom. The number of carboxylic acid groups (broad SMARTS) is 1. The first-order chi connectivity index (χ1) is 14.9. The molecule has 0 unspecified atom stereocenters. The van der Waals surface area contributed by atoms with Crippen LogP contribution in [-0.2, 0) is 15.3 Å². The van der Waals surface area contributed by atoms with Crippen molar-refractivity contribution < 1.29 is 14.7 Å². The molecular formula is C22H20Cl2N2O3S2. The second-order valence-corrected chi connectivity index (χ2v) is 10.6. The first kappa shape index (κ1) is 22.4. The van der Waals surface area contributed by atoms with Crippen LogP contribution in [0.3, 0.4) is 0 Å². The molecule has 3 aromatic rings. The van der Waals surface area contributed by atoms with Crippen molar-refractivity contribution in [3.8, 4) is 0 Å². The van der Waals surface area contributed by atoms with Crippen molar-refractivity contribution in [2.45, 2.75) is 35.8 Å². The third-order valence-electron chi connectivity index (χ3n) is 5.40. The summed E-state index contributed by atoms with van der Waals surface area (Å²) in [6.07, 6.45) is 2.91. The Morgan fingerprint density at radius 3 is 2.61 bits per heavy atom. The fourth-order valence-electron chi connectivity index (χ4n) is 3.79. The number of carboxylic acids is 1. The van der Waals surface area contributed by atoms with E-state index in [4.69, 9.17) is 23.2 Å². The smallest absolute Gasteiger partial charge is 0.307 e. The first-order valence-corrected chi connectivity index (χ1v) is 12.5. The number of thioether (sulfide) groups is 1. The molecule has 31 heavy (non-hydrogen) atoms. The number of halogens is 2. The number of amides is 1. The van der Waals surface area contributed by atoms with Crippen molar-refractivity contribution in [2.24, 2.45) is 11.8 Å². The molecule has 1 saturated carbocycles. The maximum atomic E-state index is 12.7. The monoisotopic (exact) mass is 494 g/mol. The van der Waals surface area contributed by atoms with Crippen LogP contribution in [-0.4, -0.2) is 22.0 Å². The van der Waals surface area contributed by atoms with Gasteiger partial charge in [0, 0.05) is 11.4 Å². The van der Waals surface area contributed by atoms with E-state index in [9.17, 15) is 14.7 Å². The summed E-state index contributed by atoms with van der Waals surface area (Å²) in [5.41, 5.74) is 2.59. The Bertz CT molecular complexity index is 1140. The zero-order valence-electron chi connectivity index (χ0n) is 16.4. The van der Waals surface area contributed by atoms with Gasteiger partial charge in [0.05, 0.1) is 32.1 Å². The number of nitrogens with one attached hydrogen (secondary N) is 1. The van der Waals surface area contributed by atoms with E-state index in [1.807, 2.05) is 30.3 Å². The second-order valence-electron chi connectivity index (χ2n) is 7.52. The highest BCUT2D eigenvalue weighted by atomic mass is 35.5. The van der Waals surface area contributed by atoms with Crippen LogP contribution in [0.4, 0.5) is 5.69 Å². The number of aliphatic carboxylic acids is 1. The van der Waals surface area contributed by atoms with E-state index >= 15 is 0 Å². The Kier molecular flexibility index (Phi) is 7.06. The van der Waals surface area contributed by atoms with Gasteiger partial charge in [-0.25, -0.2) is 4.98 Å². The van der Waals surface area contributed by atoms with Gasteiger partial charge < -0.3 is 10.4 Å². The van der Waals surface area contributed by atoms with Gasteiger partial charge in [0.25, 0.3) is 0 Å². The summed E-state index contributed by atoms with van der Waals surface area (Å²) in [6.45, 7) is 0. The molecule has 9 heteroatoms. The van der Waals surface area contributed by atoms with Crippen molar-refractivity contribution in [1.29, 1.82) is 0 Å². The summed E-state index contributed by atoms with van der Waals surface area (Å²) in [5.74, 6) is -1.48.